The molecule has 0 amide bonds. The maximum atomic E-state index is 12.9. The Kier molecular flexibility index (Phi) is 4.28. The molecule has 2 heterocycles. The van der Waals surface area contributed by atoms with Crippen molar-refractivity contribution in [2.45, 2.75) is 57.0 Å². The van der Waals surface area contributed by atoms with Crippen LogP contribution in [-0.2, 0) is 19.4 Å². The van der Waals surface area contributed by atoms with E-state index >= 15 is 0 Å². The normalized spacial score (nSPS) is 18.9. The molecule has 2 aromatic rings. The van der Waals surface area contributed by atoms with Crippen LogP contribution in [0.25, 0.3) is 10.2 Å². The fraction of sp³-hybridized carbons (Fsp3) is 0.562. The third-order valence-electron chi connectivity index (χ3n) is 4.16. The van der Waals surface area contributed by atoms with E-state index in [2.05, 4.69) is 13.0 Å². The molecule has 4 nitrogen and oxygen atoms in total. The van der Waals surface area contributed by atoms with E-state index in [1.807, 2.05) is 13.8 Å². The van der Waals surface area contributed by atoms with Gasteiger partial charge in [-0.05, 0) is 44.6 Å². The Morgan fingerprint density at radius 3 is 3.05 bits per heavy atom. The third-order valence-corrected chi connectivity index (χ3v) is 6.29. The van der Waals surface area contributed by atoms with E-state index < -0.39 is 0 Å². The summed E-state index contributed by atoms with van der Waals surface area (Å²) in [4.78, 5) is 19.8. The molecule has 0 unspecified atom stereocenters. The van der Waals surface area contributed by atoms with Crippen LogP contribution < -0.4 is 5.56 Å². The van der Waals surface area contributed by atoms with Gasteiger partial charge in [-0.25, -0.2) is 4.98 Å². The molecule has 22 heavy (non-hydrogen) atoms. The number of nitrogens with zero attached hydrogens (tertiary/aromatic N) is 3. The zero-order valence-corrected chi connectivity index (χ0v) is 14.7. The fourth-order valence-electron chi connectivity index (χ4n) is 2.96. The van der Waals surface area contributed by atoms with E-state index in [4.69, 9.17) is 10.2 Å². The summed E-state index contributed by atoms with van der Waals surface area (Å²) >= 11 is 3.03. The molecule has 1 aliphatic carbocycles. The van der Waals surface area contributed by atoms with Crippen molar-refractivity contribution in [3.8, 4) is 6.07 Å². The second kappa shape index (κ2) is 6.05. The molecule has 0 spiro atoms. The molecule has 1 aliphatic rings. The first kappa shape index (κ1) is 15.6. The standard InChI is InChI=1S/C16H19N3OS2/c1-4-19-15(20)13-11-6-5-9(2)7-12(11)22-14(13)18-16(19)21-10(3)8-17/h9-10H,4-7H2,1-3H3/t9-,10+/m0/s1. The number of thiophene rings is 1. The summed E-state index contributed by atoms with van der Waals surface area (Å²) in [7, 11) is 0. The lowest BCUT2D eigenvalue weighted by Crippen LogP contribution is -2.23. The summed E-state index contributed by atoms with van der Waals surface area (Å²) in [6.45, 7) is 6.64. The summed E-state index contributed by atoms with van der Waals surface area (Å²) in [5, 5.41) is 10.3. The SMILES string of the molecule is CCn1c(S[C@H](C)C#N)nc2sc3c(c2c1=O)CC[C@H](C)C3. The average Bonchev–Trinajstić information content (AvgIpc) is 2.84. The molecule has 0 saturated heterocycles. The van der Waals surface area contributed by atoms with Gasteiger partial charge in [0.2, 0.25) is 0 Å². The number of hydrogen-bond acceptors (Lipinski definition) is 5. The van der Waals surface area contributed by atoms with Crippen molar-refractivity contribution in [3.63, 3.8) is 0 Å². The number of nitriles is 1. The predicted octanol–water partition coefficient (Wildman–Crippen LogP) is 3.61. The minimum atomic E-state index is -0.211. The molecule has 6 heteroatoms. The molecular weight excluding hydrogens is 314 g/mol. The lowest BCUT2D eigenvalue weighted by Gasteiger charge is -2.17. The molecule has 2 atom stereocenters. The van der Waals surface area contributed by atoms with Crippen molar-refractivity contribution in [2.75, 3.05) is 0 Å². The molecule has 0 aromatic carbocycles. The maximum Gasteiger partial charge on any atom is 0.263 e. The van der Waals surface area contributed by atoms with Gasteiger partial charge < -0.3 is 0 Å². The number of aromatic nitrogens is 2. The second-order valence-corrected chi connectivity index (χ2v) is 8.26. The van der Waals surface area contributed by atoms with Crippen LogP contribution in [0.4, 0.5) is 0 Å². The van der Waals surface area contributed by atoms with E-state index in [1.165, 1.54) is 22.2 Å². The molecule has 0 bridgehead atoms. The van der Waals surface area contributed by atoms with Crippen molar-refractivity contribution in [1.29, 1.82) is 5.26 Å². The summed E-state index contributed by atoms with van der Waals surface area (Å²) in [6.07, 6.45) is 3.18. The highest BCUT2D eigenvalue weighted by Crippen LogP contribution is 2.36. The minimum absolute atomic E-state index is 0.0622. The monoisotopic (exact) mass is 333 g/mol. The Labute approximate surface area is 138 Å². The Balaban J connectivity index is 2.20. The highest BCUT2D eigenvalue weighted by Gasteiger charge is 2.24. The van der Waals surface area contributed by atoms with E-state index in [0.29, 0.717) is 17.6 Å². The van der Waals surface area contributed by atoms with Gasteiger partial charge in [0.25, 0.3) is 5.56 Å². The molecule has 0 N–H and O–H groups in total. The van der Waals surface area contributed by atoms with Crippen LogP contribution in [0.15, 0.2) is 9.95 Å². The molecule has 2 aromatic heterocycles. The Morgan fingerprint density at radius 1 is 1.59 bits per heavy atom. The smallest absolute Gasteiger partial charge is 0.263 e. The zero-order valence-electron chi connectivity index (χ0n) is 13.0. The molecule has 3 rings (SSSR count). The topological polar surface area (TPSA) is 58.7 Å². The molecule has 0 radical (unpaired) electrons. The van der Waals surface area contributed by atoms with Crippen LogP contribution in [0.3, 0.4) is 0 Å². The average molecular weight is 333 g/mol. The van der Waals surface area contributed by atoms with Crippen molar-refractivity contribution >= 4 is 33.3 Å². The van der Waals surface area contributed by atoms with Crippen molar-refractivity contribution in [1.82, 2.24) is 9.55 Å². The summed E-state index contributed by atoms with van der Waals surface area (Å²) in [5.41, 5.74) is 1.29. The molecule has 0 saturated carbocycles. The lowest BCUT2D eigenvalue weighted by atomic mass is 9.89. The zero-order chi connectivity index (χ0) is 15.9. The van der Waals surface area contributed by atoms with Crippen LogP contribution in [0.1, 0.15) is 37.6 Å². The number of thioether (sulfide) groups is 1. The third kappa shape index (κ3) is 2.57. The van der Waals surface area contributed by atoms with Gasteiger partial charge in [-0.2, -0.15) is 5.26 Å². The number of fused-ring (bicyclic) bond motifs is 3. The first-order valence-electron chi connectivity index (χ1n) is 7.66. The number of aryl methyl sites for hydroxylation is 1. The highest BCUT2D eigenvalue weighted by molar-refractivity contribution is 8.00. The van der Waals surface area contributed by atoms with Gasteiger partial charge in [0.15, 0.2) is 5.16 Å². The largest absolute Gasteiger partial charge is 0.287 e. The Morgan fingerprint density at radius 2 is 2.36 bits per heavy atom. The lowest BCUT2D eigenvalue weighted by molar-refractivity contribution is 0.509. The second-order valence-electron chi connectivity index (χ2n) is 5.86. The quantitative estimate of drug-likeness (QED) is 0.636. The first-order valence-corrected chi connectivity index (χ1v) is 9.36. The molecule has 116 valence electrons. The number of rotatable bonds is 3. The van der Waals surface area contributed by atoms with Crippen molar-refractivity contribution in [3.05, 3.63) is 20.8 Å². The molecule has 0 aliphatic heterocycles. The van der Waals surface area contributed by atoms with Crippen LogP contribution in [0, 0.1) is 17.2 Å². The Hall–Kier alpha value is -1.32. The van der Waals surface area contributed by atoms with Crippen molar-refractivity contribution < 1.29 is 0 Å². The van der Waals surface area contributed by atoms with Crippen LogP contribution >= 0.6 is 23.1 Å². The number of hydrogen-bond donors (Lipinski definition) is 0. The molecule has 0 fully saturated rings. The fourth-order valence-corrected chi connectivity index (χ4v) is 5.24. The minimum Gasteiger partial charge on any atom is -0.287 e. The van der Waals surface area contributed by atoms with Crippen molar-refractivity contribution in [2.24, 2.45) is 5.92 Å². The first-order chi connectivity index (χ1) is 10.5. The van der Waals surface area contributed by atoms with Crippen LogP contribution in [-0.4, -0.2) is 14.8 Å². The van der Waals surface area contributed by atoms with E-state index in [0.717, 1.165) is 29.5 Å². The van der Waals surface area contributed by atoms with Gasteiger partial charge in [0.1, 0.15) is 4.83 Å². The Bertz CT molecular complexity index is 815. The van der Waals surface area contributed by atoms with Gasteiger partial charge in [-0.15, -0.1) is 11.3 Å². The van der Waals surface area contributed by atoms with Gasteiger partial charge in [0, 0.05) is 11.4 Å². The highest BCUT2D eigenvalue weighted by atomic mass is 32.2. The summed E-state index contributed by atoms with van der Waals surface area (Å²) in [5.74, 6) is 0.682. The van der Waals surface area contributed by atoms with E-state index in [-0.39, 0.29) is 10.8 Å². The van der Waals surface area contributed by atoms with Crippen LogP contribution in [0.5, 0.6) is 0 Å². The van der Waals surface area contributed by atoms with Gasteiger partial charge in [-0.1, -0.05) is 18.7 Å². The van der Waals surface area contributed by atoms with Crippen LogP contribution in [0.2, 0.25) is 0 Å². The summed E-state index contributed by atoms with van der Waals surface area (Å²) in [6, 6.07) is 2.20. The van der Waals surface area contributed by atoms with Gasteiger partial charge in [0.05, 0.1) is 16.7 Å². The van der Waals surface area contributed by atoms with Gasteiger partial charge in [-0.3, -0.25) is 9.36 Å². The van der Waals surface area contributed by atoms with Gasteiger partial charge >= 0.3 is 0 Å². The van der Waals surface area contributed by atoms with E-state index in [1.54, 1.807) is 15.9 Å². The van der Waals surface area contributed by atoms with E-state index in [9.17, 15) is 4.79 Å². The molecular formula is C16H19N3OS2. The predicted molar refractivity (Wildman–Crippen MR) is 91.7 cm³/mol. The summed E-state index contributed by atoms with van der Waals surface area (Å²) < 4.78 is 1.71. The maximum absolute atomic E-state index is 12.9.